The number of hydrogen-bond acceptors (Lipinski definition) is 2. The predicted octanol–water partition coefficient (Wildman–Crippen LogP) is 1.87. The van der Waals surface area contributed by atoms with Crippen LogP contribution in [0.5, 0.6) is 0 Å². The molecule has 0 aliphatic heterocycles. The van der Waals surface area contributed by atoms with Gasteiger partial charge in [-0.1, -0.05) is 0 Å². The normalized spacial score (nSPS) is 24.2. The molecule has 0 atom stereocenters. The summed E-state index contributed by atoms with van der Waals surface area (Å²) in [5, 5.41) is 14.3. The Balaban J connectivity index is 2.02. The Morgan fingerprint density at radius 3 is 2.71 bits per heavy atom. The van der Waals surface area contributed by atoms with Crippen molar-refractivity contribution in [3.63, 3.8) is 0 Å². The molecule has 1 aromatic rings. The molecule has 1 saturated carbocycles. The van der Waals surface area contributed by atoms with Gasteiger partial charge in [0.05, 0.1) is 6.04 Å². The van der Waals surface area contributed by atoms with E-state index in [-0.39, 0.29) is 6.04 Å². The van der Waals surface area contributed by atoms with Crippen LogP contribution < -0.4 is 5.32 Å². The van der Waals surface area contributed by atoms with Crippen molar-refractivity contribution in [3.05, 3.63) is 18.0 Å². The number of nitrogens with one attached hydrogen (secondary N) is 1. The molecule has 0 spiro atoms. The Morgan fingerprint density at radius 2 is 2.18 bits per heavy atom. The average Bonchev–Trinajstić information content (AvgIpc) is 2.57. The summed E-state index contributed by atoms with van der Waals surface area (Å²) in [6.45, 7) is 0. The maximum absolute atomic E-state index is 12.5. The Hall–Kier alpha value is -1.73. The summed E-state index contributed by atoms with van der Waals surface area (Å²) in [5.74, 6) is 0. The third kappa shape index (κ3) is 2.34. The molecule has 8 heteroatoms. The quantitative estimate of drug-likeness (QED) is 0.840. The minimum absolute atomic E-state index is 0.289. The van der Waals surface area contributed by atoms with Crippen molar-refractivity contribution in [1.82, 2.24) is 15.1 Å². The summed E-state index contributed by atoms with van der Waals surface area (Å²) in [6, 6.07) is 0.235. The standard InChI is InChI=1S/C9H10F3N3O2/c10-9(11,12)7-1-2-13-15(7)6-3-5(4-6)14-8(16)17/h1-2,5-6,14H,3-4H2,(H,16,17). The second-order valence-electron chi connectivity index (χ2n) is 3.93. The van der Waals surface area contributed by atoms with Crippen molar-refractivity contribution in [2.45, 2.75) is 31.1 Å². The lowest BCUT2D eigenvalue weighted by Gasteiger charge is -2.36. The zero-order chi connectivity index (χ0) is 12.6. The van der Waals surface area contributed by atoms with E-state index in [1.807, 2.05) is 0 Å². The van der Waals surface area contributed by atoms with Gasteiger partial charge in [0.15, 0.2) is 0 Å². The van der Waals surface area contributed by atoms with Crippen LogP contribution in [0.25, 0.3) is 0 Å². The van der Waals surface area contributed by atoms with Crippen LogP contribution in [-0.2, 0) is 6.18 Å². The van der Waals surface area contributed by atoms with Gasteiger partial charge in [-0.25, -0.2) is 4.79 Å². The Bertz CT molecular complexity index is 423. The van der Waals surface area contributed by atoms with Gasteiger partial charge >= 0.3 is 12.3 Å². The fraction of sp³-hybridized carbons (Fsp3) is 0.556. The van der Waals surface area contributed by atoms with Gasteiger partial charge in [0.1, 0.15) is 5.69 Å². The Labute approximate surface area is 94.2 Å². The zero-order valence-electron chi connectivity index (χ0n) is 8.61. The number of hydrogen-bond donors (Lipinski definition) is 2. The molecule has 0 radical (unpaired) electrons. The highest BCUT2D eigenvalue weighted by molar-refractivity contribution is 5.65. The molecule has 0 saturated heterocycles. The number of halogens is 3. The lowest BCUT2D eigenvalue weighted by Crippen LogP contribution is -2.45. The second-order valence-corrected chi connectivity index (χ2v) is 3.93. The second kappa shape index (κ2) is 3.94. The maximum atomic E-state index is 12.5. The topological polar surface area (TPSA) is 67.2 Å². The van der Waals surface area contributed by atoms with E-state index in [9.17, 15) is 18.0 Å². The molecular formula is C9H10F3N3O2. The molecule has 0 bridgehead atoms. The number of carboxylic acid groups (broad SMARTS) is 1. The molecule has 5 nitrogen and oxygen atoms in total. The van der Waals surface area contributed by atoms with Crippen LogP contribution in [0.4, 0.5) is 18.0 Å². The SMILES string of the molecule is O=C(O)NC1CC(n2nccc2C(F)(F)F)C1. The number of alkyl halides is 3. The molecule has 17 heavy (non-hydrogen) atoms. The van der Waals surface area contributed by atoms with Crippen LogP contribution in [0.1, 0.15) is 24.6 Å². The molecule has 1 aromatic heterocycles. The van der Waals surface area contributed by atoms with Crippen LogP contribution in [0.2, 0.25) is 0 Å². The molecule has 1 amide bonds. The molecule has 0 aromatic carbocycles. The van der Waals surface area contributed by atoms with E-state index < -0.39 is 24.0 Å². The molecule has 1 fully saturated rings. The zero-order valence-corrected chi connectivity index (χ0v) is 8.61. The molecule has 94 valence electrons. The van der Waals surface area contributed by atoms with Gasteiger partial charge < -0.3 is 10.4 Å². The Kier molecular flexibility index (Phi) is 2.72. The minimum Gasteiger partial charge on any atom is -0.465 e. The first-order valence-electron chi connectivity index (χ1n) is 4.98. The van der Waals surface area contributed by atoms with E-state index in [1.54, 1.807) is 0 Å². The van der Waals surface area contributed by atoms with Crippen molar-refractivity contribution in [1.29, 1.82) is 0 Å². The first kappa shape index (κ1) is 11.7. The van der Waals surface area contributed by atoms with E-state index in [0.717, 1.165) is 16.9 Å². The van der Waals surface area contributed by atoms with Gasteiger partial charge in [-0.3, -0.25) is 4.68 Å². The van der Waals surface area contributed by atoms with Gasteiger partial charge in [0.25, 0.3) is 0 Å². The largest absolute Gasteiger partial charge is 0.465 e. The highest BCUT2D eigenvalue weighted by Crippen LogP contribution is 2.37. The summed E-state index contributed by atoms with van der Waals surface area (Å²) in [6.07, 6.45) is -3.83. The van der Waals surface area contributed by atoms with Crippen LogP contribution in [-0.4, -0.2) is 27.0 Å². The van der Waals surface area contributed by atoms with Crippen molar-refractivity contribution in [2.75, 3.05) is 0 Å². The summed E-state index contributed by atoms with van der Waals surface area (Å²) >= 11 is 0. The van der Waals surface area contributed by atoms with Crippen LogP contribution in [0.3, 0.4) is 0 Å². The lowest BCUT2D eigenvalue weighted by molar-refractivity contribution is -0.145. The highest BCUT2D eigenvalue weighted by atomic mass is 19.4. The van der Waals surface area contributed by atoms with E-state index in [4.69, 9.17) is 5.11 Å². The first-order valence-corrected chi connectivity index (χ1v) is 4.98. The highest BCUT2D eigenvalue weighted by Gasteiger charge is 2.40. The third-order valence-electron chi connectivity index (χ3n) is 2.75. The summed E-state index contributed by atoms with van der Waals surface area (Å²) in [4.78, 5) is 10.3. The number of amides is 1. The number of aromatic nitrogens is 2. The van der Waals surface area contributed by atoms with E-state index in [2.05, 4.69) is 10.4 Å². The van der Waals surface area contributed by atoms with Gasteiger partial charge in [-0.15, -0.1) is 0 Å². The van der Waals surface area contributed by atoms with Gasteiger partial charge in [0, 0.05) is 12.2 Å². The van der Waals surface area contributed by atoms with Gasteiger partial charge in [-0.2, -0.15) is 18.3 Å². The van der Waals surface area contributed by atoms with Crippen molar-refractivity contribution >= 4 is 6.09 Å². The molecule has 1 heterocycles. The number of carbonyl (C=O) groups is 1. The summed E-state index contributed by atoms with van der Waals surface area (Å²) in [5.41, 5.74) is -0.795. The third-order valence-corrected chi connectivity index (χ3v) is 2.75. The average molecular weight is 249 g/mol. The molecule has 2 rings (SSSR count). The van der Waals surface area contributed by atoms with Gasteiger partial charge in [0.2, 0.25) is 0 Å². The van der Waals surface area contributed by atoms with Crippen LogP contribution >= 0.6 is 0 Å². The predicted molar refractivity (Wildman–Crippen MR) is 50.4 cm³/mol. The van der Waals surface area contributed by atoms with Crippen molar-refractivity contribution in [3.8, 4) is 0 Å². The van der Waals surface area contributed by atoms with E-state index in [0.29, 0.717) is 12.8 Å². The maximum Gasteiger partial charge on any atom is 0.433 e. The van der Waals surface area contributed by atoms with Crippen molar-refractivity contribution in [2.24, 2.45) is 0 Å². The molecule has 2 N–H and O–H groups in total. The molecule has 1 aliphatic carbocycles. The minimum atomic E-state index is -4.43. The number of rotatable bonds is 2. The Morgan fingerprint density at radius 1 is 1.53 bits per heavy atom. The summed E-state index contributed by atoms with van der Waals surface area (Å²) < 4.78 is 38.5. The monoisotopic (exact) mass is 249 g/mol. The summed E-state index contributed by atoms with van der Waals surface area (Å²) in [7, 11) is 0. The smallest absolute Gasteiger partial charge is 0.433 e. The van der Waals surface area contributed by atoms with E-state index in [1.165, 1.54) is 0 Å². The molecular weight excluding hydrogens is 239 g/mol. The van der Waals surface area contributed by atoms with Crippen LogP contribution in [0, 0.1) is 0 Å². The van der Waals surface area contributed by atoms with E-state index >= 15 is 0 Å². The molecule has 0 unspecified atom stereocenters. The fourth-order valence-corrected chi connectivity index (χ4v) is 1.91. The van der Waals surface area contributed by atoms with Gasteiger partial charge in [-0.05, 0) is 18.9 Å². The number of nitrogens with zero attached hydrogens (tertiary/aromatic N) is 2. The fourth-order valence-electron chi connectivity index (χ4n) is 1.91. The first-order chi connectivity index (χ1) is 7.88. The van der Waals surface area contributed by atoms with Crippen molar-refractivity contribution < 1.29 is 23.1 Å². The van der Waals surface area contributed by atoms with Crippen LogP contribution in [0.15, 0.2) is 12.3 Å². The molecule has 1 aliphatic rings. The lowest BCUT2D eigenvalue weighted by atomic mass is 9.87.